The molecule has 6 rings (SSSR count). The summed E-state index contributed by atoms with van der Waals surface area (Å²) < 4.78 is 5.20. The summed E-state index contributed by atoms with van der Waals surface area (Å²) in [7, 11) is 0. The topological polar surface area (TPSA) is 76.5 Å². The van der Waals surface area contributed by atoms with E-state index < -0.39 is 5.60 Å². The molecule has 158 valence electrons. The molecule has 5 aliphatic rings. The molecule has 0 amide bonds. The van der Waals surface area contributed by atoms with Gasteiger partial charge in [0.05, 0.1) is 11.9 Å². The number of fused-ring (bicyclic) bond motifs is 4. The minimum atomic E-state index is -0.606. The van der Waals surface area contributed by atoms with Crippen LogP contribution in [0.4, 0.5) is 0 Å². The van der Waals surface area contributed by atoms with Crippen LogP contribution >= 0.6 is 0 Å². The molecular weight excluding hydrogens is 362 g/mol. The Balaban J connectivity index is 1.36. The van der Waals surface area contributed by atoms with Gasteiger partial charge >= 0.3 is 5.63 Å². The summed E-state index contributed by atoms with van der Waals surface area (Å²) >= 11 is 0. The van der Waals surface area contributed by atoms with E-state index >= 15 is 0 Å². The van der Waals surface area contributed by atoms with E-state index in [9.17, 15) is 9.90 Å². The van der Waals surface area contributed by atoms with Crippen LogP contribution in [0.25, 0.3) is 0 Å². The first kappa shape index (κ1) is 18.6. The summed E-state index contributed by atoms with van der Waals surface area (Å²) in [6.07, 6.45) is 11.9. The zero-order chi connectivity index (χ0) is 20.2. The molecule has 5 fully saturated rings. The summed E-state index contributed by atoms with van der Waals surface area (Å²) in [6.45, 7) is 4.87. The van der Waals surface area contributed by atoms with Crippen LogP contribution in [0.5, 0.6) is 0 Å². The summed E-state index contributed by atoms with van der Waals surface area (Å²) in [4.78, 5) is 11.5. The summed E-state index contributed by atoms with van der Waals surface area (Å²) in [5, 5.41) is 12.3. The lowest BCUT2D eigenvalue weighted by Crippen LogP contribution is -2.62. The van der Waals surface area contributed by atoms with Crippen molar-refractivity contribution in [2.75, 3.05) is 0 Å². The lowest BCUT2D eigenvalue weighted by Gasteiger charge is -2.64. The second-order valence-corrected chi connectivity index (χ2v) is 11.7. The van der Waals surface area contributed by atoms with Gasteiger partial charge in [-0.15, -0.1) is 0 Å². The standard InChI is InChI=1S/C25H35NO3/c1-22-10-8-20(26)19-13-24(19,22)11-6-18-17(22)5-9-23(2)16(7-12-25(18,23)28)15-3-4-21(27)29-14-15/h3-4,14,16-20,28H,5-13,26H2,1-2H3/t16-,17?,18?,19+,20+,22-,23-,24+,25+/m1/s1. The van der Waals surface area contributed by atoms with E-state index in [0.717, 1.165) is 43.6 Å². The van der Waals surface area contributed by atoms with Gasteiger partial charge in [-0.2, -0.15) is 0 Å². The van der Waals surface area contributed by atoms with Crippen molar-refractivity contribution in [3.05, 3.63) is 34.4 Å². The van der Waals surface area contributed by atoms with E-state index in [1.54, 1.807) is 6.26 Å². The Morgan fingerprint density at radius 3 is 2.48 bits per heavy atom. The van der Waals surface area contributed by atoms with Crippen molar-refractivity contribution in [2.24, 2.45) is 39.7 Å². The van der Waals surface area contributed by atoms with E-state index in [2.05, 4.69) is 13.8 Å². The monoisotopic (exact) mass is 397 g/mol. The lowest BCUT2D eigenvalue weighted by atomic mass is 9.42. The minimum Gasteiger partial charge on any atom is -0.431 e. The molecule has 1 spiro atoms. The zero-order valence-corrected chi connectivity index (χ0v) is 17.8. The van der Waals surface area contributed by atoms with Gasteiger partial charge in [0.2, 0.25) is 0 Å². The van der Waals surface area contributed by atoms with E-state index in [1.807, 2.05) is 6.07 Å². The fourth-order valence-corrected chi connectivity index (χ4v) is 9.57. The number of nitrogens with two attached hydrogens (primary N) is 1. The Kier molecular flexibility index (Phi) is 3.57. The first-order valence-corrected chi connectivity index (χ1v) is 11.8. The Morgan fingerprint density at radius 1 is 0.966 bits per heavy atom. The Morgan fingerprint density at radius 2 is 1.72 bits per heavy atom. The SMILES string of the molecule is C[C@]12CC[C@H](N)[C@@H]3C[C@@]31CCC1C2CC[C@]2(C)[C@@H](c3ccc(=O)oc3)CC[C@]12O. The molecule has 3 N–H and O–H groups in total. The van der Waals surface area contributed by atoms with Gasteiger partial charge in [0, 0.05) is 17.5 Å². The van der Waals surface area contributed by atoms with Crippen molar-refractivity contribution in [1.82, 2.24) is 0 Å². The maximum Gasteiger partial charge on any atom is 0.335 e. The van der Waals surface area contributed by atoms with Gasteiger partial charge in [0.15, 0.2) is 0 Å². The second kappa shape index (κ2) is 5.56. The molecule has 5 aliphatic carbocycles. The van der Waals surface area contributed by atoms with Gasteiger partial charge in [0.25, 0.3) is 0 Å². The number of hydrogen-bond acceptors (Lipinski definition) is 4. The average molecular weight is 398 g/mol. The lowest BCUT2D eigenvalue weighted by molar-refractivity contribution is -0.206. The van der Waals surface area contributed by atoms with Gasteiger partial charge < -0.3 is 15.3 Å². The molecule has 4 heteroatoms. The van der Waals surface area contributed by atoms with Crippen LogP contribution in [0.15, 0.2) is 27.6 Å². The highest BCUT2D eigenvalue weighted by molar-refractivity contribution is 5.29. The van der Waals surface area contributed by atoms with Crippen molar-refractivity contribution in [3.8, 4) is 0 Å². The molecule has 4 nitrogen and oxygen atoms in total. The van der Waals surface area contributed by atoms with Crippen LogP contribution in [0.3, 0.4) is 0 Å². The van der Waals surface area contributed by atoms with Crippen LogP contribution in [-0.4, -0.2) is 16.7 Å². The molecule has 0 bridgehead atoms. The van der Waals surface area contributed by atoms with Crippen LogP contribution in [0.2, 0.25) is 0 Å². The van der Waals surface area contributed by atoms with Crippen LogP contribution in [0, 0.1) is 34.0 Å². The first-order chi connectivity index (χ1) is 13.8. The molecule has 1 aromatic rings. The average Bonchev–Trinajstić information content (AvgIpc) is 3.38. The summed E-state index contributed by atoms with van der Waals surface area (Å²) in [6, 6.07) is 3.86. The molecule has 5 saturated carbocycles. The maximum absolute atomic E-state index is 12.3. The van der Waals surface area contributed by atoms with E-state index in [0.29, 0.717) is 28.7 Å². The van der Waals surface area contributed by atoms with Crippen molar-refractivity contribution < 1.29 is 9.52 Å². The normalized spacial score (nSPS) is 55.4. The van der Waals surface area contributed by atoms with Crippen LogP contribution in [-0.2, 0) is 0 Å². The predicted octanol–water partition coefficient (Wildman–Crippen LogP) is 4.21. The van der Waals surface area contributed by atoms with E-state index in [1.165, 1.54) is 31.7 Å². The highest BCUT2D eigenvalue weighted by Gasteiger charge is 2.75. The number of rotatable bonds is 1. The fourth-order valence-electron chi connectivity index (χ4n) is 9.57. The summed E-state index contributed by atoms with van der Waals surface area (Å²) in [5.41, 5.74) is 7.37. The number of hydrogen-bond donors (Lipinski definition) is 2. The number of aliphatic hydroxyl groups is 1. The molecular formula is C25H35NO3. The van der Waals surface area contributed by atoms with Crippen LogP contribution in [0.1, 0.15) is 83.1 Å². The molecule has 2 unspecified atom stereocenters. The molecule has 0 radical (unpaired) electrons. The van der Waals surface area contributed by atoms with Crippen LogP contribution < -0.4 is 11.4 Å². The van der Waals surface area contributed by atoms with Gasteiger partial charge in [-0.3, -0.25) is 0 Å². The maximum atomic E-state index is 12.3. The van der Waals surface area contributed by atoms with E-state index in [4.69, 9.17) is 10.2 Å². The fraction of sp³-hybridized carbons (Fsp3) is 0.800. The van der Waals surface area contributed by atoms with Crippen molar-refractivity contribution >= 4 is 0 Å². The third kappa shape index (κ3) is 2.06. The van der Waals surface area contributed by atoms with Gasteiger partial charge in [-0.1, -0.05) is 13.8 Å². The Hall–Kier alpha value is -1.13. The Bertz CT molecular complexity index is 891. The summed E-state index contributed by atoms with van der Waals surface area (Å²) in [5.74, 6) is 2.02. The van der Waals surface area contributed by atoms with E-state index in [-0.39, 0.29) is 17.0 Å². The zero-order valence-electron chi connectivity index (χ0n) is 17.8. The highest BCUT2D eigenvalue weighted by atomic mass is 16.4. The Labute approximate surface area is 173 Å². The van der Waals surface area contributed by atoms with Crippen molar-refractivity contribution in [2.45, 2.75) is 89.2 Å². The third-order valence-corrected chi connectivity index (χ3v) is 11.3. The smallest absolute Gasteiger partial charge is 0.335 e. The van der Waals surface area contributed by atoms with Crippen molar-refractivity contribution in [1.29, 1.82) is 0 Å². The van der Waals surface area contributed by atoms with Gasteiger partial charge in [-0.05, 0) is 104 Å². The largest absolute Gasteiger partial charge is 0.431 e. The predicted molar refractivity (Wildman–Crippen MR) is 111 cm³/mol. The van der Waals surface area contributed by atoms with Gasteiger partial charge in [0.1, 0.15) is 0 Å². The van der Waals surface area contributed by atoms with Crippen molar-refractivity contribution in [3.63, 3.8) is 0 Å². The first-order valence-electron chi connectivity index (χ1n) is 11.8. The molecule has 0 aromatic carbocycles. The van der Waals surface area contributed by atoms with Gasteiger partial charge in [-0.25, -0.2) is 4.79 Å². The second-order valence-electron chi connectivity index (χ2n) is 11.7. The molecule has 9 atom stereocenters. The highest BCUT2D eigenvalue weighted by Crippen LogP contribution is 2.80. The molecule has 1 heterocycles. The molecule has 0 saturated heterocycles. The molecule has 1 aromatic heterocycles. The molecule has 0 aliphatic heterocycles. The minimum absolute atomic E-state index is 0.136. The third-order valence-electron chi connectivity index (χ3n) is 11.3. The molecule has 29 heavy (non-hydrogen) atoms. The quantitative estimate of drug-likeness (QED) is 0.744.